The van der Waals surface area contributed by atoms with Crippen molar-refractivity contribution in [1.29, 1.82) is 0 Å². The topological polar surface area (TPSA) is 37.3 Å². The molecule has 0 bridgehead atoms. The number of carbonyl (C=O) groups is 1. The van der Waals surface area contributed by atoms with Gasteiger partial charge >= 0.3 is 0 Å². The minimum atomic E-state index is -0.0513. The average Bonchev–Trinajstić information content (AvgIpc) is 2.65. The monoisotopic (exact) mass is 322 g/mol. The lowest BCUT2D eigenvalue weighted by atomic mass is 9.96. The predicted molar refractivity (Wildman–Crippen MR) is 101 cm³/mol. The van der Waals surface area contributed by atoms with Crippen molar-refractivity contribution in [3.05, 3.63) is 89.5 Å². The number of rotatable bonds is 1. The Bertz CT molecular complexity index is 1120. The van der Waals surface area contributed by atoms with Crippen molar-refractivity contribution in [3.63, 3.8) is 0 Å². The molecule has 0 radical (unpaired) electrons. The third kappa shape index (κ3) is 2.62. The predicted octanol–water partition coefficient (Wildman–Crippen LogP) is 4.91. The Balaban J connectivity index is 2.02. The molecule has 1 N–H and O–H groups in total. The lowest BCUT2D eigenvalue weighted by Crippen LogP contribution is -1.89. The molecule has 118 valence electrons. The van der Waals surface area contributed by atoms with E-state index in [0.717, 1.165) is 27.1 Å². The SMILES string of the molecule is O=Cc1c(O)cccc1C#Cc1c2ccccc2cc2ccccc12. The largest absolute Gasteiger partial charge is 0.507 e. The number of hydrogen-bond donors (Lipinski definition) is 1. The van der Waals surface area contributed by atoms with E-state index in [1.807, 2.05) is 24.3 Å². The first-order chi connectivity index (χ1) is 12.3. The van der Waals surface area contributed by atoms with Gasteiger partial charge in [0, 0.05) is 11.1 Å². The highest BCUT2D eigenvalue weighted by molar-refractivity contribution is 6.04. The van der Waals surface area contributed by atoms with Gasteiger partial charge in [-0.2, -0.15) is 0 Å². The van der Waals surface area contributed by atoms with E-state index in [9.17, 15) is 9.90 Å². The molecule has 4 aromatic carbocycles. The zero-order chi connectivity index (χ0) is 17.2. The molecular formula is C23H14O2. The van der Waals surface area contributed by atoms with Crippen molar-refractivity contribution in [2.75, 3.05) is 0 Å². The molecule has 0 aliphatic heterocycles. The minimum Gasteiger partial charge on any atom is -0.507 e. The number of aldehydes is 1. The molecule has 0 saturated carbocycles. The van der Waals surface area contributed by atoms with Crippen LogP contribution in [0.4, 0.5) is 0 Å². The number of aromatic hydroxyl groups is 1. The molecule has 0 saturated heterocycles. The number of benzene rings is 4. The number of fused-ring (bicyclic) bond motifs is 2. The maximum absolute atomic E-state index is 11.3. The van der Waals surface area contributed by atoms with Crippen molar-refractivity contribution in [3.8, 4) is 17.6 Å². The summed E-state index contributed by atoms with van der Waals surface area (Å²) in [5.41, 5.74) is 1.67. The molecular weight excluding hydrogens is 308 g/mol. The summed E-state index contributed by atoms with van der Waals surface area (Å²) in [6.45, 7) is 0. The summed E-state index contributed by atoms with van der Waals surface area (Å²) in [4.78, 5) is 11.3. The van der Waals surface area contributed by atoms with Gasteiger partial charge in [-0.15, -0.1) is 0 Å². The van der Waals surface area contributed by atoms with E-state index < -0.39 is 0 Å². The summed E-state index contributed by atoms with van der Waals surface area (Å²) >= 11 is 0. The molecule has 0 fully saturated rings. The standard InChI is InChI=1S/C23H14O2/c24-15-22-16(8-5-11-23(22)25)12-13-21-19-9-3-1-6-17(19)14-18-7-2-4-10-20(18)21/h1-11,14-15,25H. The van der Waals surface area contributed by atoms with Crippen molar-refractivity contribution in [1.82, 2.24) is 0 Å². The van der Waals surface area contributed by atoms with Crippen LogP contribution in [0.3, 0.4) is 0 Å². The quantitative estimate of drug-likeness (QED) is 0.307. The Kier molecular flexibility index (Phi) is 3.68. The molecule has 2 nitrogen and oxygen atoms in total. The minimum absolute atomic E-state index is 0.0513. The van der Waals surface area contributed by atoms with E-state index in [2.05, 4.69) is 42.2 Å². The van der Waals surface area contributed by atoms with Crippen LogP contribution in [-0.4, -0.2) is 11.4 Å². The van der Waals surface area contributed by atoms with Gasteiger partial charge in [0.25, 0.3) is 0 Å². The van der Waals surface area contributed by atoms with Crippen LogP contribution in [0.15, 0.2) is 72.8 Å². The lowest BCUT2D eigenvalue weighted by molar-refractivity contribution is 0.112. The summed E-state index contributed by atoms with van der Waals surface area (Å²) in [5.74, 6) is 6.24. The van der Waals surface area contributed by atoms with Gasteiger partial charge < -0.3 is 5.11 Å². The number of hydrogen-bond acceptors (Lipinski definition) is 2. The summed E-state index contributed by atoms with van der Waals surface area (Å²) in [6.07, 6.45) is 0.639. The van der Waals surface area contributed by atoms with Gasteiger partial charge in [0.1, 0.15) is 5.75 Å². The zero-order valence-corrected chi connectivity index (χ0v) is 13.4. The Morgan fingerprint density at radius 3 is 2.04 bits per heavy atom. The average molecular weight is 322 g/mol. The molecule has 0 heterocycles. The van der Waals surface area contributed by atoms with Crippen molar-refractivity contribution >= 4 is 27.8 Å². The molecule has 4 rings (SSSR count). The smallest absolute Gasteiger partial charge is 0.155 e. The van der Waals surface area contributed by atoms with Crippen LogP contribution in [-0.2, 0) is 0 Å². The second-order valence-electron chi connectivity index (χ2n) is 5.80. The van der Waals surface area contributed by atoms with E-state index in [-0.39, 0.29) is 11.3 Å². The van der Waals surface area contributed by atoms with E-state index in [4.69, 9.17) is 0 Å². The Labute approximate surface area is 145 Å². The van der Waals surface area contributed by atoms with Gasteiger partial charge in [-0.3, -0.25) is 4.79 Å². The van der Waals surface area contributed by atoms with Crippen molar-refractivity contribution < 1.29 is 9.90 Å². The summed E-state index contributed by atoms with van der Waals surface area (Å²) in [5, 5.41) is 14.2. The summed E-state index contributed by atoms with van der Waals surface area (Å²) < 4.78 is 0. The fraction of sp³-hybridized carbons (Fsp3) is 0. The molecule has 25 heavy (non-hydrogen) atoms. The van der Waals surface area contributed by atoms with Gasteiger partial charge in [0.15, 0.2) is 6.29 Å². The first-order valence-corrected chi connectivity index (χ1v) is 7.97. The number of phenolic OH excluding ortho intramolecular Hbond substituents is 1. The molecule has 0 spiro atoms. The van der Waals surface area contributed by atoms with Gasteiger partial charge in [0.2, 0.25) is 0 Å². The first kappa shape index (κ1) is 15.0. The highest BCUT2D eigenvalue weighted by Gasteiger charge is 2.07. The Morgan fingerprint density at radius 1 is 0.760 bits per heavy atom. The van der Waals surface area contributed by atoms with Crippen LogP contribution in [0.2, 0.25) is 0 Å². The number of carbonyl (C=O) groups excluding carboxylic acids is 1. The summed E-state index contributed by atoms with van der Waals surface area (Å²) in [6, 6.07) is 23.3. The highest BCUT2D eigenvalue weighted by atomic mass is 16.3. The zero-order valence-electron chi connectivity index (χ0n) is 13.4. The maximum atomic E-state index is 11.3. The van der Waals surface area contributed by atoms with Crippen LogP contribution >= 0.6 is 0 Å². The van der Waals surface area contributed by atoms with Crippen LogP contribution in [0, 0.1) is 11.8 Å². The second-order valence-corrected chi connectivity index (χ2v) is 5.80. The van der Waals surface area contributed by atoms with Gasteiger partial charge in [0.05, 0.1) is 5.56 Å². The third-order valence-electron chi connectivity index (χ3n) is 4.29. The molecule has 0 unspecified atom stereocenters. The van der Waals surface area contributed by atoms with Crippen LogP contribution in [0.1, 0.15) is 21.5 Å². The van der Waals surface area contributed by atoms with E-state index >= 15 is 0 Å². The van der Waals surface area contributed by atoms with Gasteiger partial charge in [-0.1, -0.05) is 66.4 Å². The van der Waals surface area contributed by atoms with E-state index in [1.54, 1.807) is 12.1 Å². The van der Waals surface area contributed by atoms with Crippen molar-refractivity contribution in [2.24, 2.45) is 0 Å². The molecule has 4 aromatic rings. The maximum Gasteiger partial charge on any atom is 0.155 e. The van der Waals surface area contributed by atoms with E-state index in [1.165, 1.54) is 6.07 Å². The highest BCUT2D eigenvalue weighted by Crippen LogP contribution is 2.28. The van der Waals surface area contributed by atoms with Crippen molar-refractivity contribution in [2.45, 2.75) is 0 Å². The molecule has 0 amide bonds. The fourth-order valence-corrected chi connectivity index (χ4v) is 3.06. The molecule has 0 aromatic heterocycles. The second kappa shape index (κ2) is 6.14. The first-order valence-electron chi connectivity index (χ1n) is 7.97. The molecule has 0 aliphatic rings. The fourth-order valence-electron chi connectivity index (χ4n) is 3.06. The van der Waals surface area contributed by atoms with Crippen LogP contribution < -0.4 is 0 Å². The Morgan fingerprint density at radius 2 is 1.40 bits per heavy atom. The lowest BCUT2D eigenvalue weighted by Gasteiger charge is -2.06. The Hall–Kier alpha value is -3.57. The molecule has 2 heteroatoms. The molecule has 0 aliphatic carbocycles. The normalized spacial score (nSPS) is 10.4. The van der Waals surface area contributed by atoms with Crippen LogP contribution in [0.25, 0.3) is 21.5 Å². The molecule has 0 atom stereocenters. The van der Waals surface area contributed by atoms with E-state index in [0.29, 0.717) is 11.8 Å². The summed E-state index contributed by atoms with van der Waals surface area (Å²) in [7, 11) is 0. The van der Waals surface area contributed by atoms with Gasteiger partial charge in [-0.25, -0.2) is 0 Å². The van der Waals surface area contributed by atoms with Crippen LogP contribution in [0.5, 0.6) is 5.75 Å². The third-order valence-corrected chi connectivity index (χ3v) is 4.29. The number of phenols is 1. The van der Waals surface area contributed by atoms with Gasteiger partial charge in [-0.05, 0) is 39.7 Å².